The Bertz CT molecular complexity index is 462. The van der Waals surface area contributed by atoms with Crippen LogP contribution in [0.4, 0.5) is 0 Å². The maximum atomic E-state index is 12.2. The highest BCUT2D eigenvalue weighted by Gasteiger charge is 2.21. The van der Waals surface area contributed by atoms with Gasteiger partial charge in [-0.15, -0.1) is 12.4 Å². The monoisotopic (exact) mass is 354 g/mol. The predicted octanol–water partition coefficient (Wildman–Crippen LogP) is 3.60. The van der Waals surface area contributed by atoms with Crippen LogP contribution in [0.1, 0.15) is 57.1 Å². The second kappa shape index (κ2) is 11.5. The molecule has 136 valence electrons. The van der Waals surface area contributed by atoms with E-state index in [1.54, 1.807) is 0 Å². The molecule has 5 heteroatoms. The van der Waals surface area contributed by atoms with Crippen molar-refractivity contribution < 1.29 is 9.53 Å². The summed E-state index contributed by atoms with van der Waals surface area (Å²) in [5, 5.41) is 2.94. The zero-order valence-electron chi connectivity index (χ0n) is 14.6. The summed E-state index contributed by atoms with van der Waals surface area (Å²) in [6, 6.07) is 9.48. The van der Waals surface area contributed by atoms with Crippen LogP contribution in [0.3, 0.4) is 0 Å². The van der Waals surface area contributed by atoms with Crippen LogP contribution in [0, 0.1) is 5.92 Å². The van der Waals surface area contributed by atoms with Crippen LogP contribution in [-0.2, 0) is 9.53 Å². The molecule has 1 aromatic carbocycles. The van der Waals surface area contributed by atoms with Gasteiger partial charge < -0.3 is 15.8 Å². The normalized spacial score (nSPS) is 18.1. The SMILES string of the molecule is CC(C(=O)NCCOC1CCCCCC1)C(N)c1ccccc1.Cl. The van der Waals surface area contributed by atoms with Gasteiger partial charge in [-0.2, -0.15) is 0 Å². The van der Waals surface area contributed by atoms with E-state index in [0.29, 0.717) is 19.3 Å². The van der Waals surface area contributed by atoms with Crippen LogP contribution in [0.25, 0.3) is 0 Å². The molecule has 1 aliphatic rings. The molecule has 0 radical (unpaired) electrons. The minimum atomic E-state index is -0.279. The van der Waals surface area contributed by atoms with Gasteiger partial charge in [0.25, 0.3) is 0 Å². The summed E-state index contributed by atoms with van der Waals surface area (Å²) < 4.78 is 5.89. The zero-order chi connectivity index (χ0) is 16.5. The van der Waals surface area contributed by atoms with Crippen LogP contribution >= 0.6 is 12.4 Å². The first-order chi connectivity index (χ1) is 11.2. The van der Waals surface area contributed by atoms with Gasteiger partial charge in [0.2, 0.25) is 5.91 Å². The number of carbonyl (C=O) groups excluding carboxylic acids is 1. The molecule has 1 aromatic rings. The van der Waals surface area contributed by atoms with Crippen molar-refractivity contribution in [3.63, 3.8) is 0 Å². The van der Waals surface area contributed by atoms with Gasteiger partial charge in [0.05, 0.1) is 18.6 Å². The Kier molecular flexibility index (Phi) is 9.99. The molecule has 0 bridgehead atoms. The third-order valence-corrected chi connectivity index (χ3v) is 4.69. The molecule has 0 spiro atoms. The molecule has 1 saturated carbocycles. The van der Waals surface area contributed by atoms with Crippen molar-refractivity contribution in [1.29, 1.82) is 0 Å². The van der Waals surface area contributed by atoms with E-state index in [4.69, 9.17) is 10.5 Å². The first-order valence-electron chi connectivity index (χ1n) is 8.88. The van der Waals surface area contributed by atoms with E-state index in [9.17, 15) is 4.79 Å². The molecule has 2 atom stereocenters. The fraction of sp³-hybridized carbons (Fsp3) is 0.632. The molecule has 3 N–H and O–H groups in total. The lowest BCUT2D eigenvalue weighted by Gasteiger charge is -2.20. The van der Waals surface area contributed by atoms with E-state index in [-0.39, 0.29) is 30.3 Å². The highest BCUT2D eigenvalue weighted by Crippen LogP contribution is 2.20. The maximum Gasteiger partial charge on any atom is 0.224 e. The molecular weight excluding hydrogens is 324 g/mol. The van der Waals surface area contributed by atoms with E-state index < -0.39 is 0 Å². The van der Waals surface area contributed by atoms with Gasteiger partial charge in [0, 0.05) is 12.6 Å². The third-order valence-electron chi connectivity index (χ3n) is 4.69. The lowest BCUT2D eigenvalue weighted by Crippen LogP contribution is -2.37. The molecule has 1 fully saturated rings. The number of hydrogen-bond donors (Lipinski definition) is 2. The van der Waals surface area contributed by atoms with Crippen LogP contribution in [0.15, 0.2) is 30.3 Å². The number of ether oxygens (including phenoxy) is 1. The van der Waals surface area contributed by atoms with E-state index in [2.05, 4.69) is 5.32 Å². The highest BCUT2D eigenvalue weighted by atomic mass is 35.5. The van der Waals surface area contributed by atoms with Crippen LogP contribution in [0.5, 0.6) is 0 Å². The van der Waals surface area contributed by atoms with Gasteiger partial charge >= 0.3 is 0 Å². The number of benzene rings is 1. The summed E-state index contributed by atoms with van der Waals surface area (Å²) in [5.74, 6) is -0.263. The molecule has 1 amide bonds. The first-order valence-corrected chi connectivity index (χ1v) is 8.88. The van der Waals surface area contributed by atoms with E-state index >= 15 is 0 Å². The van der Waals surface area contributed by atoms with E-state index in [1.165, 1.54) is 25.7 Å². The van der Waals surface area contributed by atoms with Crippen molar-refractivity contribution in [2.45, 2.75) is 57.6 Å². The van der Waals surface area contributed by atoms with Crippen LogP contribution < -0.4 is 11.1 Å². The number of amides is 1. The Morgan fingerprint density at radius 2 is 1.83 bits per heavy atom. The molecule has 1 aliphatic carbocycles. The number of halogens is 1. The van der Waals surface area contributed by atoms with Gasteiger partial charge in [-0.3, -0.25) is 4.79 Å². The van der Waals surface area contributed by atoms with Crippen molar-refractivity contribution in [1.82, 2.24) is 5.32 Å². The summed E-state index contributed by atoms with van der Waals surface area (Å²) in [6.45, 7) is 3.02. The Balaban J connectivity index is 0.00000288. The molecule has 24 heavy (non-hydrogen) atoms. The lowest BCUT2D eigenvalue weighted by atomic mass is 9.95. The molecule has 0 aromatic heterocycles. The fourth-order valence-electron chi connectivity index (χ4n) is 3.10. The van der Waals surface area contributed by atoms with E-state index in [0.717, 1.165) is 18.4 Å². The van der Waals surface area contributed by atoms with Gasteiger partial charge in [-0.1, -0.05) is 62.9 Å². The van der Waals surface area contributed by atoms with Crippen molar-refractivity contribution in [3.05, 3.63) is 35.9 Å². The average Bonchev–Trinajstić information content (AvgIpc) is 2.86. The van der Waals surface area contributed by atoms with Crippen molar-refractivity contribution in [2.24, 2.45) is 11.7 Å². The molecule has 0 aliphatic heterocycles. The third kappa shape index (κ3) is 6.80. The summed E-state index contributed by atoms with van der Waals surface area (Å²) >= 11 is 0. The number of nitrogens with two attached hydrogens (primary N) is 1. The Labute approximate surface area is 151 Å². The van der Waals surface area contributed by atoms with Gasteiger partial charge in [-0.05, 0) is 18.4 Å². The quantitative estimate of drug-likeness (QED) is 0.580. The number of nitrogens with one attached hydrogen (secondary N) is 1. The van der Waals surface area contributed by atoms with Crippen molar-refractivity contribution in [3.8, 4) is 0 Å². The van der Waals surface area contributed by atoms with Crippen molar-refractivity contribution in [2.75, 3.05) is 13.2 Å². The first kappa shape index (κ1) is 20.9. The summed E-state index contributed by atoms with van der Waals surface area (Å²) in [5.41, 5.74) is 7.18. The zero-order valence-corrected chi connectivity index (χ0v) is 15.4. The molecule has 4 nitrogen and oxygen atoms in total. The molecule has 0 saturated heterocycles. The topological polar surface area (TPSA) is 64.3 Å². The molecule has 2 rings (SSSR count). The fourth-order valence-corrected chi connectivity index (χ4v) is 3.10. The number of hydrogen-bond acceptors (Lipinski definition) is 3. The molecule has 0 heterocycles. The Morgan fingerprint density at radius 3 is 2.46 bits per heavy atom. The smallest absolute Gasteiger partial charge is 0.224 e. The summed E-state index contributed by atoms with van der Waals surface area (Å²) in [4.78, 5) is 12.2. The summed E-state index contributed by atoms with van der Waals surface area (Å²) in [7, 11) is 0. The second-order valence-corrected chi connectivity index (χ2v) is 6.50. The Morgan fingerprint density at radius 1 is 1.21 bits per heavy atom. The van der Waals surface area contributed by atoms with Crippen molar-refractivity contribution >= 4 is 18.3 Å². The largest absolute Gasteiger partial charge is 0.376 e. The highest BCUT2D eigenvalue weighted by molar-refractivity contribution is 5.85. The van der Waals surface area contributed by atoms with E-state index in [1.807, 2.05) is 37.3 Å². The van der Waals surface area contributed by atoms with Crippen LogP contribution in [-0.4, -0.2) is 25.2 Å². The predicted molar refractivity (Wildman–Crippen MR) is 100 cm³/mol. The standard InChI is InChI=1S/C19H30N2O2.ClH/c1-15(18(20)16-9-5-4-6-10-16)19(22)21-13-14-23-17-11-7-2-3-8-12-17;/h4-6,9-10,15,17-18H,2-3,7-8,11-14,20H2,1H3,(H,21,22);1H. The van der Waals surface area contributed by atoms with Gasteiger partial charge in [0.1, 0.15) is 0 Å². The van der Waals surface area contributed by atoms with Gasteiger partial charge in [0.15, 0.2) is 0 Å². The minimum absolute atomic E-state index is 0. The summed E-state index contributed by atoms with van der Waals surface area (Å²) in [6.07, 6.45) is 7.86. The number of rotatable bonds is 7. The maximum absolute atomic E-state index is 12.2. The number of carbonyl (C=O) groups is 1. The molecular formula is C19H31ClN2O2. The Hall–Kier alpha value is -1.10. The minimum Gasteiger partial charge on any atom is -0.376 e. The van der Waals surface area contributed by atoms with Gasteiger partial charge in [-0.25, -0.2) is 0 Å². The van der Waals surface area contributed by atoms with Crippen LogP contribution in [0.2, 0.25) is 0 Å². The second-order valence-electron chi connectivity index (χ2n) is 6.50. The molecule has 2 unspecified atom stereocenters. The average molecular weight is 355 g/mol. The lowest BCUT2D eigenvalue weighted by molar-refractivity contribution is -0.125.